The number of hydrogen-bond donors (Lipinski definition) is 1. The van der Waals surface area contributed by atoms with Gasteiger partial charge < -0.3 is 9.84 Å². The Balaban J connectivity index is 1.66. The second-order valence-electron chi connectivity index (χ2n) is 6.68. The molecule has 0 unspecified atom stereocenters. The molecular weight excluding hydrogens is 266 g/mol. The molecule has 0 aliphatic heterocycles. The van der Waals surface area contributed by atoms with E-state index in [9.17, 15) is 4.79 Å². The minimum absolute atomic E-state index is 0.159. The topological polar surface area (TPSA) is 68.0 Å². The lowest BCUT2D eigenvalue weighted by Crippen LogP contribution is -2.45. The minimum Gasteiger partial charge on any atom is -0.343 e. The Morgan fingerprint density at radius 2 is 1.95 bits per heavy atom. The van der Waals surface area contributed by atoms with E-state index in [-0.39, 0.29) is 11.4 Å². The third-order valence-electron chi connectivity index (χ3n) is 4.99. The second kappa shape index (κ2) is 6.16. The van der Waals surface area contributed by atoms with Gasteiger partial charge in [-0.1, -0.05) is 37.3 Å². The van der Waals surface area contributed by atoms with Gasteiger partial charge in [0.2, 0.25) is 11.8 Å². The fourth-order valence-electron chi connectivity index (χ4n) is 3.85. The zero-order valence-corrected chi connectivity index (χ0v) is 12.9. The molecule has 1 aromatic rings. The number of rotatable bonds is 4. The van der Waals surface area contributed by atoms with Crippen LogP contribution in [0.25, 0.3) is 0 Å². The number of nitrogens with one attached hydrogen (secondary N) is 1. The van der Waals surface area contributed by atoms with Crippen molar-refractivity contribution in [2.24, 2.45) is 5.92 Å². The molecule has 2 aliphatic rings. The molecule has 0 bridgehead atoms. The van der Waals surface area contributed by atoms with Gasteiger partial charge in [0.25, 0.3) is 0 Å². The van der Waals surface area contributed by atoms with Gasteiger partial charge in [-0.05, 0) is 31.6 Å². The van der Waals surface area contributed by atoms with Crippen molar-refractivity contribution in [1.82, 2.24) is 15.5 Å². The van der Waals surface area contributed by atoms with Crippen LogP contribution in [0.15, 0.2) is 4.52 Å². The van der Waals surface area contributed by atoms with Gasteiger partial charge in [0, 0.05) is 13.3 Å². The summed E-state index contributed by atoms with van der Waals surface area (Å²) in [5.41, 5.74) is -0.385. The number of carbonyl (C=O) groups excluding carboxylic acids is 1. The van der Waals surface area contributed by atoms with Crippen LogP contribution >= 0.6 is 0 Å². The summed E-state index contributed by atoms with van der Waals surface area (Å²) in [5.74, 6) is 1.95. The number of nitrogens with zero attached hydrogens (tertiary/aromatic N) is 2. The maximum atomic E-state index is 12.5. The summed E-state index contributed by atoms with van der Waals surface area (Å²) in [6.07, 6.45) is 11.0. The SMILES string of the molecule is Cc1nc(C2(NC(=O)CC3CCCCC3)CCCC2)no1. The highest BCUT2D eigenvalue weighted by Gasteiger charge is 2.41. The molecule has 0 saturated heterocycles. The van der Waals surface area contributed by atoms with E-state index in [1.807, 2.05) is 0 Å². The Morgan fingerprint density at radius 1 is 1.24 bits per heavy atom. The van der Waals surface area contributed by atoms with Gasteiger partial charge in [0.1, 0.15) is 5.54 Å². The average molecular weight is 291 g/mol. The molecule has 116 valence electrons. The highest BCUT2D eigenvalue weighted by atomic mass is 16.5. The van der Waals surface area contributed by atoms with Gasteiger partial charge >= 0.3 is 0 Å². The summed E-state index contributed by atoms with van der Waals surface area (Å²) in [5, 5.41) is 7.31. The monoisotopic (exact) mass is 291 g/mol. The van der Waals surface area contributed by atoms with E-state index in [1.165, 1.54) is 32.1 Å². The van der Waals surface area contributed by atoms with Crippen molar-refractivity contribution in [1.29, 1.82) is 0 Å². The van der Waals surface area contributed by atoms with Crippen LogP contribution in [0.2, 0.25) is 0 Å². The summed E-state index contributed by atoms with van der Waals surface area (Å²) >= 11 is 0. The maximum absolute atomic E-state index is 12.5. The summed E-state index contributed by atoms with van der Waals surface area (Å²) in [6.45, 7) is 1.79. The van der Waals surface area contributed by atoms with E-state index in [2.05, 4.69) is 15.5 Å². The minimum atomic E-state index is -0.385. The lowest BCUT2D eigenvalue weighted by Gasteiger charge is -2.28. The van der Waals surface area contributed by atoms with Gasteiger partial charge in [0.15, 0.2) is 5.82 Å². The summed E-state index contributed by atoms with van der Waals surface area (Å²) < 4.78 is 5.12. The quantitative estimate of drug-likeness (QED) is 0.924. The molecule has 21 heavy (non-hydrogen) atoms. The van der Waals surface area contributed by atoms with E-state index < -0.39 is 0 Å². The van der Waals surface area contributed by atoms with E-state index in [1.54, 1.807) is 6.92 Å². The largest absolute Gasteiger partial charge is 0.343 e. The van der Waals surface area contributed by atoms with Crippen LogP contribution in [-0.2, 0) is 10.3 Å². The lowest BCUT2D eigenvalue weighted by atomic mass is 9.86. The molecule has 1 amide bonds. The van der Waals surface area contributed by atoms with Crippen LogP contribution in [-0.4, -0.2) is 16.0 Å². The molecule has 5 nitrogen and oxygen atoms in total. The normalized spacial score (nSPS) is 22.3. The molecule has 1 aromatic heterocycles. The second-order valence-corrected chi connectivity index (χ2v) is 6.68. The molecule has 0 atom stereocenters. The Hall–Kier alpha value is -1.39. The van der Waals surface area contributed by atoms with Crippen molar-refractivity contribution in [3.8, 4) is 0 Å². The molecule has 2 saturated carbocycles. The Kier molecular flexibility index (Phi) is 4.27. The van der Waals surface area contributed by atoms with Gasteiger partial charge in [-0.3, -0.25) is 4.79 Å². The predicted molar refractivity (Wildman–Crippen MR) is 78.5 cm³/mol. The first-order valence-electron chi connectivity index (χ1n) is 8.30. The van der Waals surface area contributed by atoms with Crippen LogP contribution in [0.3, 0.4) is 0 Å². The van der Waals surface area contributed by atoms with E-state index in [0.29, 0.717) is 24.1 Å². The lowest BCUT2D eigenvalue weighted by molar-refractivity contribution is -0.124. The average Bonchev–Trinajstić information content (AvgIpc) is 3.10. The number of hydrogen-bond acceptors (Lipinski definition) is 4. The van der Waals surface area contributed by atoms with Gasteiger partial charge in [0.05, 0.1) is 0 Å². The Labute approximate surface area is 125 Å². The predicted octanol–water partition coefficient (Wildman–Crippen LogP) is 3.23. The zero-order chi connectivity index (χ0) is 14.7. The molecule has 0 spiro atoms. The van der Waals surface area contributed by atoms with Crippen LogP contribution in [0, 0.1) is 12.8 Å². The number of amides is 1. The molecule has 3 rings (SSSR count). The molecule has 2 fully saturated rings. The Bertz CT molecular complexity index is 485. The summed E-state index contributed by atoms with van der Waals surface area (Å²) in [4.78, 5) is 16.8. The van der Waals surface area contributed by atoms with Crippen LogP contribution in [0.4, 0.5) is 0 Å². The van der Waals surface area contributed by atoms with E-state index in [0.717, 1.165) is 25.7 Å². The molecule has 1 N–H and O–H groups in total. The molecule has 5 heteroatoms. The van der Waals surface area contributed by atoms with Crippen LogP contribution in [0.5, 0.6) is 0 Å². The van der Waals surface area contributed by atoms with Crippen molar-refractivity contribution in [3.05, 3.63) is 11.7 Å². The third-order valence-corrected chi connectivity index (χ3v) is 4.99. The van der Waals surface area contributed by atoms with Crippen LogP contribution < -0.4 is 5.32 Å². The fraction of sp³-hybridized carbons (Fsp3) is 0.812. The van der Waals surface area contributed by atoms with Crippen molar-refractivity contribution >= 4 is 5.91 Å². The molecule has 0 radical (unpaired) electrons. The summed E-state index contributed by atoms with van der Waals surface area (Å²) in [6, 6.07) is 0. The van der Waals surface area contributed by atoms with E-state index >= 15 is 0 Å². The first-order chi connectivity index (χ1) is 10.2. The van der Waals surface area contributed by atoms with Crippen LogP contribution in [0.1, 0.15) is 75.9 Å². The molecular formula is C16H25N3O2. The molecule has 0 aromatic carbocycles. The highest BCUT2D eigenvalue weighted by Crippen LogP contribution is 2.37. The standard InChI is InChI=1S/C16H25N3O2/c1-12-17-15(19-21-12)16(9-5-6-10-16)18-14(20)11-13-7-3-2-4-8-13/h13H,2-11H2,1H3,(H,18,20). The van der Waals surface area contributed by atoms with Crippen molar-refractivity contribution < 1.29 is 9.32 Å². The number of aromatic nitrogens is 2. The first kappa shape index (κ1) is 14.5. The fourth-order valence-corrected chi connectivity index (χ4v) is 3.85. The van der Waals surface area contributed by atoms with Crippen molar-refractivity contribution in [2.75, 3.05) is 0 Å². The van der Waals surface area contributed by atoms with Crippen molar-refractivity contribution in [2.45, 2.75) is 76.7 Å². The summed E-state index contributed by atoms with van der Waals surface area (Å²) in [7, 11) is 0. The zero-order valence-electron chi connectivity index (χ0n) is 12.9. The number of aryl methyl sites for hydroxylation is 1. The Morgan fingerprint density at radius 3 is 2.57 bits per heavy atom. The van der Waals surface area contributed by atoms with Gasteiger partial charge in [-0.2, -0.15) is 4.98 Å². The van der Waals surface area contributed by atoms with E-state index in [4.69, 9.17) is 4.52 Å². The van der Waals surface area contributed by atoms with Gasteiger partial charge in [-0.15, -0.1) is 0 Å². The molecule has 2 aliphatic carbocycles. The number of carbonyl (C=O) groups is 1. The van der Waals surface area contributed by atoms with Gasteiger partial charge in [-0.25, -0.2) is 0 Å². The third kappa shape index (κ3) is 3.27. The highest BCUT2D eigenvalue weighted by molar-refractivity contribution is 5.77. The smallest absolute Gasteiger partial charge is 0.223 e. The van der Waals surface area contributed by atoms with Crippen molar-refractivity contribution in [3.63, 3.8) is 0 Å². The first-order valence-corrected chi connectivity index (χ1v) is 8.30. The maximum Gasteiger partial charge on any atom is 0.223 e. The molecule has 1 heterocycles.